The second-order valence-electron chi connectivity index (χ2n) is 4.23. The van der Waals surface area contributed by atoms with Gasteiger partial charge in [-0.05, 0) is 7.05 Å². The van der Waals surface area contributed by atoms with Gasteiger partial charge in [-0.3, -0.25) is 9.69 Å². The highest BCUT2D eigenvalue weighted by Gasteiger charge is 2.49. The smallest absolute Gasteiger partial charge is 0.326 e. The summed E-state index contributed by atoms with van der Waals surface area (Å²) in [6, 6.07) is 0. The number of piperazine rings is 1. The summed E-state index contributed by atoms with van der Waals surface area (Å²) < 4.78 is 0. The molecule has 0 aromatic rings. The van der Waals surface area contributed by atoms with Gasteiger partial charge < -0.3 is 15.3 Å². The zero-order valence-corrected chi connectivity index (χ0v) is 8.49. The molecule has 0 atom stereocenters. The third-order valence-corrected chi connectivity index (χ3v) is 3.34. The quantitative estimate of drug-likeness (QED) is 0.576. The van der Waals surface area contributed by atoms with Crippen molar-refractivity contribution in [2.45, 2.75) is 5.54 Å². The Kier molecular flexibility index (Phi) is 2.47. The van der Waals surface area contributed by atoms with Crippen LogP contribution in [0.5, 0.6) is 0 Å². The molecule has 2 rings (SSSR count). The Morgan fingerprint density at radius 3 is 2.21 bits per heavy atom. The van der Waals surface area contributed by atoms with Crippen LogP contribution < -0.4 is 5.32 Å². The lowest BCUT2D eigenvalue weighted by atomic mass is 9.89. The summed E-state index contributed by atoms with van der Waals surface area (Å²) in [5.74, 6) is -0.680. The summed E-state index contributed by atoms with van der Waals surface area (Å²) in [6.45, 7) is 4.84. The number of aliphatic carboxylic acids is 1. The fourth-order valence-corrected chi connectivity index (χ4v) is 2.11. The molecular weight excluding hydrogens is 182 g/mol. The van der Waals surface area contributed by atoms with E-state index in [1.807, 2.05) is 0 Å². The lowest BCUT2D eigenvalue weighted by molar-refractivity contribution is -0.157. The number of carboxylic acids is 1. The van der Waals surface area contributed by atoms with Gasteiger partial charge in [0.25, 0.3) is 0 Å². The normalized spacial score (nSPS) is 28.4. The Bertz CT molecular complexity index is 232. The Labute approximate surface area is 83.7 Å². The fourth-order valence-electron chi connectivity index (χ4n) is 2.11. The molecule has 0 aromatic heterocycles. The van der Waals surface area contributed by atoms with Crippen LogP contribution in [0.2, 0.25) is 0 Å². The fraction of sp³-hybridized carbons (Fsp3) is 0.889. The molecule has 0 spiro atoms. The van der Waals surface area contributed by atoms with Crippen LogP contribution in [0.15, 0.2) is 0 Å². The highest BCUT2D eigenvalue weighted by Crippen LogP contribution is 2.22. The summed E-state index contributed by atoms with van der Waals surface area (Å²) in [7, 11) is 2.07. The van der Waals surface area contributed by atoms with Gasteiger partial charge >= 0.3 is 5.97 Å². The van der Waals surface area contributed by atoms with Gasteiger partial charge in [0.2, 0.25) is 0 Å². The molecule has 0 unspecified atom stereocenters. The van der Waals surface area contributed by atoms with Gasteiger partial charge in [0.1, 0.15) is 5.54 Å². The molecule has 5 nitrogen and oxygen atoms in total. The molecule has 2 aliphatic rings. The van der Waals surface area contributed by atoms with Crippen LogP contribution in [-0.4, -0.2) is 72.7 Å². The van der Waals surface area contributed by atoms with Gasteiger partial charge in [-0.25, -0.2) is 0 Å². The highest BCUT2D eigenvalue weighted by atomic mass is 16.4. The van der Waals surface area contributed by atoms with E-state index in [9.17, 15) is 9.90 Å². The van der Waals surface area contributed by atoms with Gasteiger partial charge in [-0.2, -0.15) is 0 Å². The highest BCUT2D eigenvalue weighted by molar-refractivity contribution is 5.81. The predicted molar refractivity (Wildman–Crippen MR) is 52.3 cm³/mol. The Balaban J connectivity index is 2.02. The number of hydrogen-bond donors (Lipinski definition) is 2. The van der Waals surface area contributed by atoms with Crippen LogP contribution in [0.4, 0.5) is 0 Å². The van der Waals surface area contributed by atoms with Crippen LogP contribution in [0, 0.1) is 0 Å². The number of rotatable bonds is 2. The standard InChI is InChI=1S/C9H17N3O2/c1-11-2-4-12(5-3-11)9(8(13)14)6-10-7-9/h10H,2-7H2,1H3,(H,13,14). The van der Waals surface area contributed by atoms with E-state index in [4.69, 9.17) is 0 Å². The minimum atomic E-state index is -0.680. The first-order valence-electron chi connectivity index (χ1n) is 5.03. The number of carboxylic acid groups (broad SMARTS) is 1. The first-order chi connectivity index (χ1) is 6.65. The van der Waals surface area contributed by atoms with E-state index in [-0.39, 0.29) is 0 Å². The number of carbonyl (C=O) groups is 1. The number of nitrogens with one attached hydrogen (secondary N) is 1. The molecule has 0 amide bonds. The van der Waals surface area contributed by atoms with E-state index in [2.05, 4.69) is 22.2 Å². The van der Waals surface area contributed by atoms with Crippen molar-refractivity contribution in [3.8, 4) is 0 Å². The minimum absolute atomic E-state index is 0.589. The third kappa shape index (κ3) is 1.41. The summed E-state index contributed by atoms with van der Waals surface area (Å²) in [6.07, 6.45) is 0. The van der Waals surface area contributed by atoms with E-state index >= 15 is 0 Å². The van der Waals surface area contributed by atoms with E-state index < -0.39 is 11.5 Å². The molecule has 2 saturated heterocycles. The molecule has 0 radical (unpaired) electrons. The molecule has 0 aliphatic carbocycles. The molecule has 0 aromatic carbocycles. The molecule has 2 heterocycles. The van der Waals surface area contributed by atoms with Crippen molar-refractivity contribution in [2.24, 2.45) is 0 Å². The monoisotopic (exact) mass is 199 g/mol. The zero-order valence-electron chi connectivity index (χ0n) is 8.49. The van der Waals surface area contributed by atoms with Crippen LogP contribution in [0.25, 0.3) is 0 Å². The molecule has 14 heavy (non-hydrogen) atoms. The van der Waals surface area contributed by atoms with E-state index in [1.165, 1.54) is 0 Å². The Morgan fingerprint density at radius 1 is 1.29 bits per heavy atom. The van der Waals surface area contributed by atoms with E-state index in [1.54, 1.807) is 0 Å². The van der Waals surface area contributed by atoms with Crippen molar-refractivity contribution in [1.82, 2.24) is 15.1 Å². The van der Waals surface area contributed by atoms with Crippen molar-refractivity contribution < 1.29 is 9.90 Å². The van der Waals surface area contributed by atoms with Crippen molar-refractivity contribution in [3.05, 3.63) is 0 Å². The van der Waals surface area contributed by atoms with Crippen molar-refractivity contribution >= 4 is 5.97 Å². The van der Waals surface area contributed by atoms with Crippen molar-refractivity contribution in [1.29, 1.82) is 0 Å². The Morgan fingerprint density at radius 2 is 1.86 bits per heavy atom. The number of nitrogens with zero attached hydrogens (tertiary/aromatic N) is 2. The molecule has 5 heteroatoms. The average Bonchev–Trinajstić information content (AvgIpc) is 2.05. The molecule has 2 aliphatic heterocycles. The molecule has 80 valence electrons. The van der Waals surface area contributed by atoms with E-state index in [0.717, 1.165) is 26.2 Å². The number of likely N-dealkylation sites (N-methyl/N-ethyl adjacent to an activating group) is 1. The van der Waals surface area contributed by atoms with Gasteiger partial charge in [0.15, 0.2) is 0 Å². The van der Waals surface area contributed by atoms with Crippen LogP contribution in [0.3, 0.4) is 0 Å². The van der Waals surface area contributed by atoms with Gasteiger partial charge in [0.05, 0.1) is 0 Å². The minimum Gasteiger partial charge on any atom is -0.480 e. The maximum Gasteiger partial charge on any atom is 0.326 e. The maximum absolute atomic E-state index is 11.2. The van der Waals surface area contributed by atoms with Crippen LogP contribution in [0.1, 0.15) is 0 Å². The first-order valence-corrected chi connectivity index (χ1v) is 5.03. The van der Waals surface area contributed by atoms with Crippen molar-refractivity contribution in [2.75, 3.05) is 46.3 Å². The summed E-state index contributed by atoms with van der Waals surface area (Å²) in [4.78, 5) is 15.5. The maximum atomic E-state index is 11.2. The lowest BCUT2D eigenvalue weighted by Gasteiger charge is -2.49. The van der Waals surface area contributed by atoms with Crippen molar-refractivity contribution in [3.63, 3.8) is 0 Å². The predicted octanol–water partition coefficient (Wildman–Crippen LogP) is -1.34. The second-order valence-corrected chi connectivity index (χ2v) is 4.23. The zero-order chi connectivity index (χ0) is 10.2. The molecule has 0 bridgehead atoms. The average molecular weight is 199 g/mol. The number of hydrogen-bond acceptors (Lipinski definition) is 4. The second kappa shape index (κ2) is 3.49. The van der Waals surface area contributed by atoms with Gasteiger partial charge in [-0.15, -0.1) is 0 Å². The SMILES string of the molecule is CN1CCN(C2(C(=O)O)CNC2)CC1. The van der Waals surface area contributed by atoms with Gasteiger partial charge in [0, 0.05) is 39.3 Å². The summed E-state index contributed by atoms with van der Waals surface area (Å²) in [5.41, 5.74) is -0.610. The van der Waals surface area contributed by atoms with E-state index in [0.29, 0.717) is 13.1 Å². The molecule has 2 N–H and O–H groups in total. The third-order valence-electron chi connectivity index (χ3n) is 3.34. The molecular formula is C9H17N3O2. The van der Waals surface area contributed by atoms with Crippen LogP contribution in [-0.2, 0) is 4.79 Å². The summed E-state index contributed by atoms with van der Waals surface area (Å²) in [5, 5.41) is 12.3. The molecule has 0 saturated carbocycles. The topological polar surface area (TPSA) is 55.8 Å². The largest absolute Gasteiger partial charge is 0.480 e. The first kappa shape index (κ1) is 9.89. The lowest BCUT2D eigenvalue weighted by Crippen LogP contribution is -2.75. The van der Waals surface area contributed by atoms with Gasteiger partial charge in [-0.1, -0.05) is 0 Å². The summed E-state index contributed by atoms with van der Waals surface area (Å²) >= 11 is 0. The molecule has 2 fully saturated rings. The van der Waals surface area contributed by atoms with Crippen LogP contribution >= 0.6 is 0 Å². The Hall–Kier alpha value is -0.650.